The van der Waals surface area contributed by atoms with Gasteiger partial charge in [0.25, 0.3) is 0 Å². The molecule has 0 fully saturated rings. The first-order valence-electron chi connectivity index (χ1n) is 4.08. The number of hydrogen-bond acceptors (Lipinski definition) is 3. The summed E-state index contributed by atoms with van der Waals surface area (Å²) < 4.78 is 10.4. The Bertz CT molecular complexity index is 420. The third-order valence-electron chi connectivity index (χ3n) is 2.03. The Morgan fingerprint density at radius 1 is 1.38 bits per heavy atom. The average Bonchev–Trinajstić information content (AvgIpc) is 2.59. The maximum absolute atomic E-state index is 5.30. The summed E-state index contributed by atoms with van der Waals surface area (Å²) in [5.74, 6) is 1.63. The van der Waals surface area contributed by atoms with Crippen LogP contribution in [0.5, 0.6) is 5.75 Å². The van der Waals surface area contributed by atoms with Crippen LogP contribution in [0.25, 0.3) is 10.8 Å². The maximum atomic E-state index is 5.30. The van der Waals surface area contributed by atoms with E-state index in [-0.39, 0.29) is 0 Å². The fourth-order valence-electron chi connectivity index (χ4n) is 1.35. The summed E-state index contributed by atoms with van der Waals surface area (Å²) >= 11 is 0. The van der Waals surface area contributed by atoms with Gasteiger partial charge in [-0.2, -0.15) is 0 Å². The Morgan fingerprint density at radius 3 is 2.92 bits per heavy atom. The van der Waals surface area contributed by atoms with Gasteiger partial charge in [0.2, 0.25) is 0 Å². The Balaban J connectivity index is 2.61. The lowest BCUT2D eigenvalue weighted by Crippen LogP contribution is -1.85. The van der Waals surface area contributed by atoms with Gasteiger partial charge in [0, 0.05) is 17.8 Å². The van der Waals surface area contributed by atoms with Gasteiger partial charge in [-0.25, -0.2) is 0 Å². The third-order valence-corrected chi connectivity index (χ3v) is 2.03. The molecule has 1 heterocycles. The Hall–Kier alpha value is -1.64. The smallest absolute Gasteiger partial charge is 0.200 e. The van der Waals surface area contributed by atoms with Crippen molar-refractivity contribution in [2.45, 2.75) is 0 Å². The molecule has 2 rings (SSSR count). The minimum absolute atomic E-state index is 0.789. The van der Waals surface area contributed by atoms with Crippen molar-refractivity contribution in [2.24, 2.45) is 0 Å². The minimum Gasteiger partial charge on any atom is -0.497 e. The molecule has 0 aliphatic carbocycles. The second kappa shape index (κ2) is 3.01. The van der Waals surface area contributed by atoms with Crippen LogP contribution in [-0.2, 0) is 0 Å². The Morgan fingerprint density at radius 2 is 2.23 bits per heavy atom. The monoisotopic (exact) mass is 177 g/mol. The van der Waals surface area contributed by atoms with Crippen molar-refractivity contribution in [3.8, 4) is 5.75 Å². The molecule has 3 heteroatoms. The van der Waals surface area contributed by atoms with Gasteiger partial charge >= 0.3 is 0 Å². The van der Waals surface area contributed by atoms with Gasteiger partial charge in [-0.05, 0) is 18.2 Å². The molecule has 0 aliphatic heterocycles. The van der Waals surface area contributed by atoms with Gasteiger partial charge in [-0.1, -0.05) is 0 Å². The van der Waals surface area contributed by atoms with Crippen LogP contribution in [0, 0.1) is 0 Å². The first-order valence-corrected chi connectivity index (χ1v) is 4.08. The predicted octanol–water partition coefficient (Wildman–Crippen LogP) is 2.48. The number of furan rings is 1. The summed E-state index contributed by atoms with van der Waals surface area (Å²) in [6.07, 6.45) is 1.71. The fourth-order valence-corrected chi connectivity index (χ4v) is 1.35. The van der Waals surface area contributed by atoms with Crippen molar-refractivity contribution in [3.05, 3.63) is 24.5 Å². The van der Waals surface area contributed by atoms with Crippen LogP contribution in [0.1, 0.15) is 0 Å². The number of hydrogen-bond donors (Lipinski definition) is 1. The van der Waals surface area contributed by atoms with E-state index in [0.717, 1.165) is 22.4 Å². The first-order chi connectivity index (χ1) is 6.35. The van der Waals surface area contributed by atoms with Crippen molar-refractivity contribution < 1.29 is 9.15 Å². The van der Waals surface area contributed by atoms with E-state index in [0.29, 0.717) is 0 Å². The van der Waals surface area contributed by atoms with Gasteiger partial charge in [0.15, 0.2) is 5.88 Å². The van der Waals surface area contributed by atoms with Gasteiger partial charge in [-0.15, -0.1) is 0 Å². The zero-order chi connectivity index (χ0) is 9.26. The van der Waals surface area contributed by atoms with Crippen LogP contribution >= 0.6 is 0 Å². The highest BCUT2D eigenvalue weighted by atomic mass is 16.5. The van der Waals surface area contributed by atoms with Gasteiger partial charge < -0.3 is 14.5 Å². The number of anilines is 1. The van der Waals surface area contributed by atoms with Crippen LogP contribution in [-0.4, -0.2) is 14.2 Å². The highest BCUT2D eigenvalue weighted by Gasteiger charge is 2.04. The van der Waals surface area contributed by atoms with Crippen LogP contribution in [0.4, 0.5) is 5.88 Å². The number of fused-ring (bicyclic) bond motifs is 1. The van der Waals surface area contributed by atoms with Crippen molar-refractivity contribution in [1.82, 2.24) is 0 Å². The number of ether oxygens (including phenoxy) is 1. The van der Waals surface area contributed by atoms with Gasteiger partial charge in [0.05, 0.1) is 7.11 Å². The zero-order valence-electron chi connectivity index (χ0n) is 7.63. The molecule has 1 aromatic carbocycles. The molecule has 0 atom stereocenters. The molecular formula is C10H11NO2. The maximum Gasteiger partial charge on any atom is 0.200 e. The molecule has 0 saturated carbocycles. The molecule has 0 amide bonds. The lowest BCUT2D eigenvalue weighted by atomic mass is 10.2. The molecule has 0 spiro atoms. The SMILES string of the molecule is CNc1occ2cc(OC)ccc12. The van der Waals surface area contributed by atoms with E-state index in [1.165, 1.54) is 0 Å². The second-order valence-corrected chi connectivity index (χ2v) is 2.77. The van der Waals surface area contributed by atoms with E-state index in [9.17, 15) is 0 Å². The van der Waals surface area contributed by atoms with Crippen LogP contribution in [0.15, 0.2) is 28.9 Å². The first kappa shape index (κ1) is 7.98. The van der Waals surface area contributed by atoms with E-state index >= 15 is 0 Å². The Labute approximate surface area is 76.3 Å². The molecule has 0 unspecified atom stereocenters. The van der Waals surface area contributed by atoms with Crippen LogP contribution in [0.2, 0.25) is 0 Å². The van der Waals surface area contributed by atoms with Crippen molar-refractivity contribution in [1.29, 1.82) is 0 Å². The van der Waals surface area contributed by atoms with Crippen LogP contribution in [0.3, 0.4) is 0 Å². The quantitative estimate of drug-likeness (QED) is 0.765. The molecular weight excluding hydrogens is 166 g/mol. The lowest BCUT2D eigenvalue weighted by Gasteiger charge is -1.98. The number of rotatable bonds is 2. The molecule has 0 saturated heterocycles. The van der Waals surface area contributed by atoms with Crippen molar-refractivity contribution in [3.63, 3.8) is 0 Å². The molecule has 1 aromatic heterocycles. The van der Waals surface area contributed by atoms with Crippen molar-refractivity contribution in [2.75, 3.05) is 19.5 Å². The molecule has 1 N–H and O–H groups in total. The molecule has 0 bridgehead atoms. The van der Waals surface area contributed by atoms with Crippen molar-refractivity contribution >= 4 is 16.7 Å². The second-order valence-electron chi connectivity index (χ2n) is 2.77. The summed E-state index contributed by atoms with van der Waals surface area (Å²) in [7, 11) is 3.49. The van der Waals surface area contributed by atoms with Crippen LogP contribution < -0.4 is 10.1 Å². The molecule has 2 aromatic rings. The molecule has 3 nitrogen and oxygen atoms in total. The highest BCUT2D eigenvalue weighted by molar-refractivity contribution is 5.92. The standard InChI is InChI=1S/C10H11NO2/c1-11-10-9-4-3-8(12-2)5-7(9)6-13-10/h3-6,11H,1-2H3. The number of benzene rings is 1. The summed E-state index contributed by atoms with van der Waals surface area (Å²) in [6, 6.07) is 5.84. The summed E-state index contributed by atoms with van der Waals surface area (Å²) in [5.41, 5.74) is 0. The Kier molecular flexibility index (Phi) is 1.85. The van der Waals surface area contributed by atoms with E-state index < -0.39 is 0 Å². The molecule has 13 heavy (non-hydrogen) atoms. The molecule has 68 valence electrons. The normalized spacial score (nSPS) is 10.3. The molecule has 0 aliphatic rings. The fraction of sp³-hybridized carbons (Fsp3) is 0.200. The average molecular weight is 177 g/mol. The topological polar surface area (TPSA) is 34.4 Å². The summed E-state index contributed by atoms with van der Waals surface area (Å²) in [4.78, 5) is 0. The predicted molar refractivity (Wildman–Crippen MR) is 52.3 cm³/mol. The minimum atomic E-state index is 0.789. The zero-order valence-corrected chi connectivity index (χ0v) is 7.63. The van der Waals surface area contributed by atoms with E-state index in [4.69, 9.17) is 9.15 Å². The van der Waals surface area contributed by atoms with Gasteiger partial charge in [-0.3, -0.25) is 0 Å². The summed E-state index contributed by atoms with van der Waals surface area (Å²) in [6.45, 7) is 0. The summed E-state index contributed by atoms with van der Waals surface area (Å²) in [5, 5.41) is 5.10. The number of methoxy groups -OCH3 is 1. The van der Waals surface area contributed by atoms with E-state index in [1.807, 2.05) is 25.2 Å². The third kappa shape index (κ3) is 1.22. The largest absolute Gasteiger partial charge is 0.497 e. The lowest BCUT2D eigenvalue weighted by molar-refractivity contribution is 0.415. The van der Waals surface area contributed by atoms with E-state index in [2.05, 4.69) is 5.32 Å². The highest BCUT2D eigenvalue weighted by Crippen LogP contribution is 2.28. The number of nitrogens with one attached hydrogen (secondary N) is 1. The van der Waals surface area contributed by atoms with E-state index in [1.54, 1.807) is 13.4 Å². The van der Waals surface area contributed by atoms with Gasteiger partial charge in [0.1, 0.15) is 12.0 Å². The molecule has 0 radical (unpaired) electrons.